The van der Waals surface area contributed by atoms with Crippen LogP contribution in [0.4, 0.5) is 0 Å². The maximum absolute atomic E-state index is 12.3. The predicted molar refractivity (Wildman–Crippen MR) is 79.4 cm³/mol. The third-order valence-electron chi connectivity index (χ3n) is 3.88. The van der Waals surface area contributed by atoms with Gasteiger partial charge in [0.25, 0.3) is 0 Å². The number of aliphatic carboxylic acids is 1. The molecule has 0 bridgehead atoms. The van der Waals surface area contributed by atoms with Crippen molar-refractivity contribution in [2.75, 3.05) is 0 Å². The average molecular weight is 283 g/mol. The van der Waals surface area contributed by atoms with Crippen LogP contribution in [0, 0.1) is 17.3 Å². The summed E-state index contributed by atoms with van der Waals surface area (Å²) >= 11 is 0. The highest BCUT2D eigenvalue weighted by Gasteiger charge is 2.33. The van der Waals surface area contributed by atoms with Gasteiger partial charge in [-0.15, -0.1) is 0 Å². The Bertz CT molecular complexity index is 360. The second-order valence-electron chi connectivity index (χ2n) is 8.00. The second kappa shape index (κ2) is 6.15. The van der Waals surface area contributed by atoms with E-state index in [0.717, 1.165) is 6.42 Å². The summed E-state index contributed by atoms with van der Waals surface area (Å²) in [5, 5.41) is 12.1. The molecule has 4 heteroatoms. The quantitative estimate of drug-likeness (QED) is 0.832. The van der Waals surface area contributed by atoms with Gasteiger partial charge in [-0.25, -0.2) is 0 Å². The van der Waals surface area contributed by atoms with Crippen molar-refractivity contribution in [3.63, 3.8) is 0 Å². The number of nitrogens with one attached hydrogen (secondary N) is 1. The monoisotopic (exact) mass is 283 g/mol. The Kier molecular flexibility index (Phi) is 5.22. The molecule has 1 fully saturated rings. The lowest BCUT2D eigenvalue weighted by atomic mass is 9.79. The van der Waals surface area contributed by atoms with Crippen molar-refractivity contribution in [3.05, 3.63) is 0 Å². The Morgan fingerprint density at radius 1 is 1.00 bits per heavy atom. The zero-order valence-corrected chi connectivity index (χ0v) is 13.5. The highest BCUT2D eigenvalue weighted by Crippen LogP contribution is 2.31. The number of carbonyl (C=O) groups excluding carboxylic acids is 1. The molecular formula is C16H29NO3. The summed E-state index contributed by atoms with van der Waals surface area (Å²) in [4.78, 5) is 23.2. The van der Waals surface area contributed by atoms with E-state index in [4.69, 9.17) is 5.11 Å². The lowest BCUT2D eigenvalue weighted by molar-refractivity contribution is -0.144. The van der Waals surface area contributed by atoms with Gasteiger partial charge in [-0.1, -0.05) is 20.8 Å². The lowest BCUT2D eigenvalue weighted by Gasteiger charge is -2.35. The van der Waals surface area contributed by atoms with Crippen molar-refractivity contribution < 1.29 is 14.7 Å². The summed E-state index contributed by atoms with van der Waals surface area (Å²) in [5.41, 5.74) is -0.0588. The van der Waals surface area contributed by atoms with Gasteiger partial charge >= 0.3 is 5.97 Å². The van der Waals surface area contributed by atoms with Crippen LogP contribution in [0.1, 0.15) is 66.7 Å². The molecule has 20 heavy (non-hydrogen) atoms. The number of hydrogen-bond acceptors (Lipinski definition) is 2. The van der Waals surface area contributed by atoms with E-state index in [-0.39, 0.29) is 28.7 Å². The Morgan fingerprint density at radius 2 is 1.45 bits per heavy atom. The fraction of sp³-hybridized carbons (Fsp3) is 0.875. The van der Waals surface area contributed by atoms with Crippen LogP contribution in [-0.2, 0) is 9.59 Å². The van der Waals surface area contributed by atoms with Crippen molar-refractivity contribution in [1.82, 2.24) is 5.32 Å². The third kappa shape index (κ3) is 5.51. The first-order chi connectivity index (χ1) is 9.00. The summed E-state index contributed by atoms with van der Waals surface area (Å²) in [5.74, 6) is -0.925. The summed E-state index contributed by atoms with van der Waals surface area (Å²) in [6, 6.07) is 0. The molecule has 4 nitrogen and oxygen atoms in total. The minimum absolute atomic E-state index is 0.0233. The van der Waals surface area contributed by atoms with Gasteiger partial charge in [-0.3, -0.25) is 9.59 Å². The third-order valence-corrected chi connectivity index (χ3v) is 3.88. The zero-order chi connectivity index (χ0) is 15.6. The summed E-state index contributed by atoms with van der Waals surface area (Å²) in [6.07, 6.45) is 3.53. The molecule has 116 valence electrons. The first kappa shape index (κ1) is 17.0. The Balaban J connectivity index is 2.50. The van der Waals surface area contributed by atoms with Gasteiger partial charge in [-0.05, 0) is 51.4 Å². The fourth-order valence-corrected chi connectivity index (χ4v) is 3.41. The SMILES string of the molecule is CC(C)(C)CC(C)(C)NC(=O)C1CCC(C(=O)O)CC1. The number of carboxylic acid groups (broad SMARTS) is 1. The molecule has 0 unspecified atom stereocenters. The van der Waals surface area contributed by atoms with Gasteiger partial charge in [0.1, 0.15) is 0 Å². The standard InChI is InChI=1S/C16H29NO3/c1-15(2,3)10-16(4,5)17-13(18)11-6-8-12(9-7-11)14(19)20/h11-12H,6-10H2,1-5H3,(H,17,18)(H,19,20). The van der Waals surface area contributed by atoms with Crippen molar-refractivity contribution >= 4 is 11.9 Å². The van der Waals surface area contributed by atoms with Crippen LogP contribution < -0.4 is 5.32 Å². The first-order valence-electron chi connectivity index (χ1n) is 7.55. The number of carbonyl (C=O) groups is 2. The fourth-order valence-electron chi connectivity index (χ4n) is 3.41. The smallest absolute Gasteiger partial charge is 0.306 e. The van der Waals surface area contributed by atoms with Crippen LogP contribution in [0.25, 0.3) is 0 Å². The van der Waals surface area contributed by atoms with Gasteiger partial charge < -0.3 is 10.4 Å². The minimum atomic E-state index is -0.725. The normalized spacial score (nSPS) is 24.2. The summed E-state index contributed by atoms with van der Waals surface area (Å²) in [6.45, 7) is 10.6. The number of rotatable bonds is 4. The Morgan fingerprint density at radius 3 is 1.85 bits per heavy atom. The van der Waals surface area contributed by atoms with E-state index in [2.05, 4.69) is 39.9 Å². The molecular weight excluding hydrogens is 254 g/mol. The van der Waals surface area contributed by atoms with Crippen LogP contribution in [0.15, 0.2) is 0 Å². The first-order valence-corrected chi connectivity index (χ1v) is 7.55. The molecule has 0 saturated heterocycles. The predicted octanol–water partition coefficient (Wildman–Crippen LogP) is 3.21. The van der Waals surface area contributed by atoms with E-state index in [1.54, 1.807) is 0 Å². The van der Waals surface area contributed by atoms with Crippen molar-refractivity contribution in [2.45, 2.75) is 72.3 Å². The highest BCUT2D eigenvalue weighted by molar-refractivity contribution is 5.80. The topological polar surface area (TPSA) is 66.4 Å². The molecule has 0 spiro atoms. The van der Waals surface area contributed by atoms with Crippen molar-refractivity contribution in [2.24, 2.45) is 17.3 Å². The molecule has 0 aromatic rings. The van der Waals surface area contributed by atoms with Gasteiger partial charge in [-0.2, -0.15) is 0 Å². The van der Waals surface area contributed by atoms with Crippen molar-refractivity contribution in [1.29, 1.82) is 0 Å². The van der Waals surface area contributed by atoms with Crippen LogP contribution in [0.2, 0.25) is 0 Å². The lowest BCUT2D eigenvalue weighted by Crippen LogP contribution is -2.48. The van der Waals surface area contributed by atoms with Gasteiger partial charge in [0.05, 0.1) is 5.92 Å². The number of amides is 1. The van der Waals surface area contributed by atoms with E-state index >= 15 is 0 Å². The van der Waals surface area contributed by atoms with Gasteiger partial charge in [0.15, 0.2) is 0 Å². The van der Waals surface area contributed by atoms with E-state index in [1.807, 2.05) is 0 Å². The minimum Gasteiger partial charge on any atom is -0.481 e. The van der Waals surface area contributed by atoms with Crippen LogP contribution in [-0.4, -0.2) is 22.5 Å². The molecule has 0 aromatic carbocycles. The molecule has 0 aliphatic heterocycles. The molecule has 1 amide bonds. The Labute approximate surface area is 122 Å². The molecule has 2 N–H and O–H groups in total. The Hall–Kier alpha value is -1.06. The summed E-state index contributed by atoms with van der Waals surface area (Å²) < 4.78 is 0. The number of carboxylic acids is 1. The molecule has 1 aliphatic rings. The summed E-state index contributed by atoms with van der Waals surface area (Å²) in [7, 11) is 0. The van der Waals surface area contributed by atoms with E-state index in [0.29, 0.717) is 25.7 Å². The maximum Gasteiger partial charge on any atom is 0.306 e. The second-order valence-corrected chi connectivity index (χ2v) is 8.00. The number of hydrogen-bond donors (Lipinski definition) is 2. The van der Waals surface area contributed by atoms with Gasteiger partial charge in [0.2, 0.25) is 5.91 Å². The van der Waals surface area contributed by atoms with Crippen LogP contribution in [0.3, 0.4) is 0 Å². The van der Waals surface area contributed by atoms with Crippen LogP contribution in [0.5, 0.6) is 0 Å². The molecule has 0 aromatic heterocycles. The molecule has 1 aliphatic carbocycles. The maximum atomic E-state index is 12.3. The average Bonchev–Trinajstić information content (AvgIpc) is 2.24. The van der Waals surface area contributed by atoms with Gasteiger partial charge in [0, 0.05) is 11.5 Å². The van der Waals surface area contributed by atoms with Crippen molar-refractivity contribution in [3.8, 4) is 0 Å². The zero-order valence-electron chi connectivity index (χ0n) is 13.5. The molecule has 1 rings (SSSR count). The van der Waals surface area contributed by atoms with E-state index in [1.165, 1.54) is 0 Å². The van der Waals surface area contributed by atoms with Crippen LogP contribution >= 0.6 is 0 Å². The molecule has 0 heterocycles. The highest BCUT2D eigenvalue weighted by atomic mass is 16.4. The van der Waals surface area contributed by atoms with E-state index < -0.39 is 5.97 Å². The van der Waals surface area contributed by atoms with E-state index in [9.17, 15) is 9.59 Å². The molecule has 0 radical (unpaired) electrons. The largest absolute Gasteiger partial charge is 0.481 e. The molecule has 1 saturated carbocycles. The molecule has 0 atom stereocenters.